The van der Waals surface area contributed by atoms with Gasteiger partial charge >= 0.3 is 5.69 Å². The third-order valence-corrected chi connectivity index (χ3v) is 5.65. The van der Waals surface area contributed by atoms with E-state index in [0.717, 1.165) is 29.7 Å². The molecule has 0 aliphatic heterocycles. The molecule has 8 heteroatoms. The number of carbonyl (C=O) groups is 1. The van der Waals surface area contributed by atoms with Gasteiger partial charge in [0.25, 0.3) is 11.5 Å². The minimum absolute atomic E-state index is 0.0543. The second-order valence-corrected chi connectivity index (χ2v) is 8.01. The summed E-state index contributed by atoms with van der Waals surface area (Å²) in [7, 11) is 0. The smallest absolute Gasteiger partial charge is 0.330 e. The van der Waals surface area contributed by atoms with Crippen molar-refractivity contribution in [3.05, 3.63) is 104 Å². The number of ether oxygens (including phenoxy) is 1. The first-order chi connectivity index (χ1) is 16.1. The van der Waals surface area contributed by atoms with Gasteiger partial charge in [0.15, 0.2) is 0 Å². The van der Waals surface area contributed by atoms with Crippen molar-refractivity contribution in [3.8, 4) is 5.75 Å². The number of hydrogen-bond donors (Lipinski definition) is 2. The van der Waals surface area contributed by atoms with Crippen LogP contribution in [0, 0.1) is 0 Å². The second kappa shape index (κ2) is 8.74. The molecular weight excluding hydrogens is 420 g/mol. The summed E-state index contributed by atoms with van der Waals surface area (Å²) in [4.78, 5) is 43.9. The number of benzene rings is 2. The molecule has 1 fully saturated rings. The van der Waals surface area contributed by atoms with Crippen molar-refractivity contribution in [3.63, 3.8) is 0 Å². The number of aromatic amines is 1. The van der Waals surface area contributed by atoms with Gasteiger partial charge in [0.1, 0.15) is 18.0 Å². The molecule has 1 aliphatic carbocycles. The molecule has 2 aromatic carbocycles. The van der Waals surface area contributed by atoms with Crippen LogP contribution in [0.4, 0.5) is 0 Å². The molecule has 2 heterocycles. The molecule has 2 N–H and O–H groups in total. The Balaban J connectivity index is 1.33. The zero-order valence-electron chi connectivity index (χ0n) is 17.8. The Bertz CT molecular complexity index is 1440. The summed E-state index contributed by atoms with van der Waals surface area (Å²) in [6.45, 7) is 0.671. The number of hydrogen-bond acceptors (Lipinski definition) is 5. The van der Waals surface area contributed by atoms with Crippen molar-refractivity contribution in [2.24, 2.45) is 0 Å². The molecule has 5 rings (SSSR count). The minimum Gasteiger partial charge on any atom is -0.489 e. The molecule has 0 saturated heterocycles. The Kier molecular flexibility index (Phi) is 5.48. The third kappa shape index (κ3) is 4.41. The molecule has 1 saturated carbocycles. The van der Waals surface area contributed by atoms with Crippen molar-refractivity contribution in [1.29, 1.82) is 0 Å². The number of nitrogens with one attached hydrogen (secondary N) is 2. The van der Waals surface area contributed by atoms with Gasteiger partial charge in [0.05, 0.1) is 10.9 Å². The van der Waals surface area contributed by atoms with Gasteiger partial charge in [-0.1, -0.05) is 42.5 Å². The normalized spacial score (nSPS) is 13.1. The second-order valence-electron chi connectivity index (χ2n) is 8.01. The average molecular weight is 442 g/mol. The highest BCUT2D eigenvalue weighted by Crippen LogP contribution is 2.34. The molecule has 1 amide bonds. The van der Waals surface area contributed by atoms with Crippen LogP contribution in [0.25, 0.3) is 11.0 Å². The first kappa shape index (κ1) is 20.7. The Hall–Kier alpha value is -4.20. The molecule has 33 heavy (non-hydrogen) atoms. The molecule has 0 spiro atoms. The maximum atomic E-state index is 12.8. The van der Waals surface area contributed by atoms with E-state index in [1.807, 2.05) is 54.6 Å². The van der Waals surface area contributed by atoms with Crippen molar-refractivity contribution < 1.29 is 9.53 Å². The largest absolute Gasteiger partial charge is 0.489 e. The molecular formula is C25H22N4O4. The van der Waals surface area contributed by atoms with Crippen molar-refractivity contribution in [2.75, 3.05) is 0 Å². The fourth-order valence-corrected chi connectivity index (χ4v) is 3.76. The summed E-state index contributed by atoms with van der Waals surface area (Å²) in [5.74, 6) is 0.417. The molecule has 0 bridgehead atoms. The summed E-state index contributed by atoms with van der Waals surface area (Å²) in [6.07, 6.45) is 3.15. The monoisotopic (exact) mass is 442 g/mol. The van der Waals surface area contributed by atoms with Crippen LogP contribution in [0.2, 0.25) is 0 Å². The molecule has 0 atom stereocenters. The van der Waals surface area contributed by atoms with Crippen molar-refractivity contribution in [1.82, 2.24) is 19.9 Å². The van der Waals surface area contributed by atoms with Gasteiger partial charge in [-0.15, -0.1) is 0 Å². The maximum Gasteiger partial charge on any atom is 0.330 e. The zero-order chi connectivity index (χ0) is 22.8. The first-order valence-electron chi connectivity index (χ1n) is 10.8. The molecule has 1 aliphatic rings. The van der Waals surface area contributed by atoms with Crippen LogP contribution >= 0.6 is 0 Å². The van der Waals surface area contributed by atoms with Crippen LogP contribution < -0.4 is 21.3 Å². The third-order valence-electron chi connectivity index (χ3n) is 5.65. The number of amides is 1. The van der Waals surface area contributed by atoms with Gasteiger partial charge in [-0.25, -0.2) is 9.78 Å². The van der Waals surface area contributed by atoms with Gasteiger partial charge in [0.2, 0.25) is 0 Å². The lowest BCUT2D eigenvalue weighted by Crippen LogP contribution is -2.31. The number of nitrogens with zero attached hydrogens (tertiary/aromatic N) is 2. The van der Waals surface area contributed by atoms with E-state index in [0.29, 0.717) is 18.8 Å². The quantitative estimate of drug-likeness (QED) is 0.458. The lowest BCUT2D eigenvalue weighted by molar-refractivity contribution is 0.0950. The van der Waals surface area contributed by atoms with E-state index in [1.165, 1.54) is 16.8 Å². The van der Waals surface area contributed by atoms with Crippen LogP contribution in [0.5, 0.6) is 5.75 Å². The van der Waals surface area contributed by atoms with E-state index in [-0.39, 0.29) is 22.9 Å². The summed E-state index contributed by atoms with van der Waals surface area (Å²) in [6, 6.07) is 18.8. The fraction of sp³-hybridized carbons (Fsp3) is 0.200. The summed E-state index contributed by atoms with van der Waals surface area (Å²) < 4.78 is 7.34. The van der Waals surface area contributed by atoms with Crippen LogP contribution in [0.1, 0.15) is 40.4 Å². The molecule has 0 radical (unpaired) electrons. The number of rotatable bonds is 7. The molecule has 2 aromatic heterocycles. The molecule has 8 nitrogen and oxygen atoms in total. The molecule has 4 aromatic rings. The fourth-order valence-electron chi connectivity index (χ4n) is 3.76. The predicted octanol–water partition coefficient (Wildman–Crippen LogP) is 2.93. The van der Waals surface area contributed by atoms with Crippen LogP contribution in [-0.4, -0.2) is 20.4 Å². The Morgan fingerprint density at radius 3 is 2.55 bits per heavy atom. The van der Waals surface area contributed by atoms with Crippen LogP contribution in [0.15, 0.2) is 76.4 Å². The van der Waals surface area contributed by atoms with Gasteiger partial charge < -0.3 is 10.1 Å². The van der Waals surface area contributed by atoms with E-state index in [1.54, 1.807) is 0 Å². The number of carbonyl (C=O) groups excluding carboxylic acids is 1. The summed E-state index contributed by atoms with van der Waals surface area (Å²) in [5.41, 5.74) is 1.45. The van der Waals surface area contributed by atoms with E-state index in [2.05, 4.69) is 15.3 Å². The summed E-state index contributed by atoms with van der Waals surface area (Å²) >= 11 is 0. The highest BCUT2D eigenvalue weighted by atomic mass is 16.5. The van der Waals surface area contributed by atoms with E-state index in [9.17, 15) is 14.4 Å². The van der Waals surface area contributed by atoms with E-state index >= 15 is 0 Å². The Morgan fingerprint density at radius 1 is 1.06 bits per heavy atom. The SMILES string of the molecule is O=C(NCc1ccccc1COc1ccccc1)c1cnc2c(c1)c(=O)[nH]c(=O)n2C1CC1. The van der Waals surface area contributed by atoms with Crippen molar-refractivity contribution >= 4 is 16.9 Å². The van der Waals surface area contributed by atoms with Crippen molar-refractivity contribution in [2.45, 2.75) is 32.0 Å². The number of H-pyrrole nitrogens is 1. The highest BCUT2D eigenvalue weighted by molar-refractivity contribution is 5.96. The van der Waals surface area contributed by atoms with Gasteiger partial charge in [-0.05, 0) is 42.2 Å². The predicted molar refractivity (Wildman–Crippen MR) is 123 cm³/mol. The van der Waals surface area contributed by atoms with E-state index < -0.39 is 11.2 Å². The number of pyridine rings is 1. The number of para-hydroxylation sites is 1. The van der Waals surface area contributed by atoms with Gasteiger partial charge in [0, 0.05) is 18.8 Å². The van der Waals surface area contributed by atoms with Gasteiger partial charge in [-0.3, -0.25) is 19.1 Å². The Labute approximate surface area is 188 Å². The van der Waals surface area contributed by atoms with Gasteiger partial charge in [-0.2, -0.15) is 0 Å². The molecule has 166 valence electrons. The highest BCUT2D eigenvalue weighted by Gasteiger charge is 2.27. The lowest BCUT2D eigenvalue weighted by atomic mass is 10.1. The average Bonchev–Trinajstić information content (AvgIpc) is 3.67. The Morgan fingerprint density at radius 2 is 1.79 bits per heavy atom. The first-order valence-corrected chi connectivity index (χ1v) is 10.8. The lowest BCUT2D eigenvalue weighted by Gasteiger charge is -2.12. The number of fused-ring (bicyclic) bond motifs is 1. The zero-order valence-corrected chi connectivity index (χ0v) is 17.8. The van der Waals surface area contributed by atoms with Crippen LogP contribution in [0.3, 0.4) is 0 Å². The van der Waals surface area contributed by atoms with E-state index in [4.69, 9.17) is 4.74 Å². The summed E-state index contributed by atoms with van der Waals surface area (Å²) in [5, 5.41) is 3.11. The van der Waals surface area contributed by atoms with Crippen LogP contribution in [-0.2, 0) is 13.2 Å². The minimum atomic E-state index is -0.544. The molecule has 0 unspecified atom stereocenters. The number of aromatic nitrogens is 3. The standard InChI is InChI=1S/C25H22N4O4/c30-23(18-12-21-22(26-14-18)29(19-10-11-19)25(32)28-24(21)31)27-13-16-6-4-5-7-17(16)15-33-20-8-2-1-3-9-20/h1-9,12,14,19H,10-11,13,15H2,(H,27,30)(H,28,31,32). The topological polar surface area (TPSA) is 106 Å². The maximum absolute atomic E-state index is 12.8.